The molecule has 0 radical (unpaired) electrons. The third-order valence-corrected chi connectivity index (χ3v) is 7.87. The van der Waals surface area contributed by atoms with Crippen LogP contribution in [0.25, 0.3) is 17.0 Å². The zero-order valence-corrected chi connectivity index (χ0v) is 25.8. The number of fused-ring (bicyclic) bond motifs is 1. The van der Waals surface area contributed by atoms with Gasteiger partial charge in [-0.1, -0.05) is 31.6 Å². The van der Waals surface area contributed by atoms with Gasteiger partial charge in [-0.15, -0.1) is 0 Å². The van der Waals surface area contributed by atoms with Gasteiger partial charge in [0.25, 0.3) is 0 Å². The van der Waals surface area contributed by atoms with E-state index in [1.54, 1.807) is 31.4 Å². The van der Waals surface area contributed by atoms with Gasteiger partial charge in [-0.25, -0.2) is 22.8 Å². The van der Waals surface area contributed by atoms with Crippen molar-refractivity contribution in [2.75, 3.05) is 52.7 Å². The maximum absolute atomic E-state index is 15.3. The van der Waals surface area contributed by atoms with E-state index in [1.807, 2.05) is 40.7 Å². The zero-order valence-electron chi connectivity index (χ0n) is 25.0. The SMILES string of the molecule is CC.COc1cc2c(Oc3ccc(C)c(C=C(C)C)c3F)ncnc2cc1OCCCN1CCN(S(C)(=O)=O)CC1. The summed E-state index contributed by atoms with van der Waals surface area (Å²) in [5, 5.41) is 0.564. The minimum atomic E-state index is -3.14. The molecule has 0 amide bonds. The van der Waals surface area contributed by atoms with Gasteiger partial charge in [0, 0.05) is 44.4 Å². The van der Waals surface area contributed by atoms with Gasteiger partial charge in [-0.2, -0.15) is 4.31 Å². The average Bonchev–Trinajstić information content (AvgIpc) is 2.95. The Morgan fingerprint density at radius 2 is 1.76 bits per heavy atom. The normalized spacial score (nSPS) is 14.2. The highest BCUT2D eigenvalue weighted by molar-refractivity contribution is 7.88. The van der Waals surface area contributed by atoms with Crippen LogP contribution in [0.2, 0.25) is 0 Å². The second kappa shape index (κ2) is 14.6. The van der Waals surface area contributed by atoms with Crippen LogP contribution in [-0.2, 0) is 10.0 Å². The maximum atomic E-state index is 15.3. The summed E-state index contributed by atoms with van der Waals surface area (Å²) in [6.07, 6.45) is 5.17. The molecular weight excluding hydrogens is 547 g/mol. The van der Waals surface area contributed by atoms with Crippen molar-refractivity contribution in [1.82, 2.24) is 19.2 Å². The molecule has 1 saturated heterocycles. The lowest BCUT2D eigenvalue weighted by Gasteiger charge is -2.33. The monoisotopic (exact) mass is 588 g/mol. The maximum Gasteiger partial charge on any atom is 0.230 e. The molecule has 4 rings (SSSR count). The Morgan fingerprint density at radius 1 is 1.05 bits per heavy atom. The predicted molar refractivity (Wildman–Crippen MR) is 161 cm³/mol. The number of nitrogens with zero attached hydrogens (tertiary/aromatic N) is 4. The summed E-state index contributed by atoms with van der Waals surface area (Å²) in [5.74, 6) is 0.851. The molecule has 0 atom stereocenters. The van der Waals surface area contributed by atoms with Gasteiger partial charge in [0.1, 0.15) is 6.33 Å². The second-order valence-electron chi connectivity index (χ2n) is 9.84. The molecule has 0 spiro atoms. The van der Waals surface area contributed by atoms with Crippen molar-refractivity contribution in [3.05, 3.63) is 53.1 Å². The van der Waals surface area contributed by atoms with Crippen molar-refractivity contribution >= 4 is 27.0 Å². The van der Waals surface area contributed by atoms with Crippen LogP contribution >= 0.6 is 0 Å². The fourth-order valence-electron chi connectivity index (χ4n) is 4.47. The Bertz CT molecular complexity index is 1470. The van der Waals surface area contributed by atoms with Gasteiger partial charge in [0.05, 0.1) is 30.9 Å². The molecule has 11 heteroatoms. The summed E-state index contributed by atoms with van der Waals surface area (Å²) in [6.45, 7) is 13.3. The first-order valence-electron chi connectivity index (χ1n) is 13.8. The third-order valence-electron chi connectivity index (χ3n) is 6.56. The number of halogens is 1. The molecular formula is C30H41FN4O5S. The summed E-state index contributed by atoms with van der Waals surface area (Å²) in [5.41, 5.74) is 2.85. The average molecular weight is 589 g/mol. The standard InChI is InChI=1S/C28H35FN4O5S.C2H6/c1-19(2)15-21-20(3)7-8-24(27(21)29)38-28-22-16-25(36-4)26(17-23(22)30-18-31-28)37-14-6-9-32-10-12-33(13-11-32)39(5,34)35;1-2/h7-8,15-18H,6,9-14H2,1-5H3;1-2H3. The van der Waals surface area contributed by atoms with Crippen LogP contribution in [0, 0.1) is 12.7 Å². The number of methoxy groups -OCH3 is 1. The number of hydrogen-bond donors (Lipinski definition) is 0. The summed E-state index contributed by atoms with van der Waals surface area (Å²) >= 11 is 0. The Hall–Kier alpha value is -3.28. The minimum absolute atomic E-state index is 0.0739. The van der Waals surface area contributed by atoms with Gasteiger partial charge in [-0.3, -0.25) is 0 Å². The third kappa shape index (κ3) is 8.37. The Kier molecular flexibility index (Phi) is 11.5. The van der Waals surface area contributed by atoms with Crippen LogP contribution in [0.3, 0.4) is 0 Å². The van der Waals surface area contributed by atoms with E-state index in [-0.39, 0.29) is 11.6 Å². The lowest BCUT2D eigenvalue weighted by atomic mass is 10.1. The van der Waals surface area contributed by atoms with Gasteiger partial charge in [-0.05, 0) is 44.9 Å². The molecule has 1 fully saturated rings. The smallest absolute Gasteiger partial charge is 0.230 e. The van der Waals surface area contributed by atoms with Crippen molar-refractivity contribution < 1.29 is 27.0 Å². The molecule has 2 heterocycles. The quantitative estimate of drug-likeness (QED) is 0.280. The largest absolute Gasteiger partial charge is 0.493 e. The molecule has 41 heavy (non-hydrogen) atoms. The van der Waals surface area contributed by atoms with Crippen LogP contribution < -0.4 is 14.2 Å². The van der Waals surface area contributed by atoms with Crippen molar-refractivity contribution in [2.24, 2.45) is 0 Å². The summed E-state index contributed by atoms with van der Waals surface area (Å²) in [6, 6.07) is 6.90. The van der Waals surface area contributed by atoms with Crippen molar-refractivity contribution in [2.45, 2.75) is 41.0 Å². The Balaban J connectivity index is 0.00000226. The molecule has 0 saturated carbocycles. The highest BCUT2D eigenvalue weighted by atomic mass is 32.2. The molecule has 3 aromatic rings. The fraction of sp³-hybridized carbons (Fsp3) is 0.467. The number of benzene rings is 2. The number of aryl methyl sites for hydroxylation is 1. The number of ether oxygens (including phenoxy) is 3. The van der Waals surface area contributed by atoms with Crippen LogP contribution in [0.4, 0.5) is 4.39 Å². The number of allylic oxidation sites excluding steroid dienone is 1. The number of aromatic nitrogens is 2. The molecule has 1 aliphatic rings. The van der Waals surface area contributed by atoms with E-state index < -0.39 is 15.8 Å². The van der Waals surface area contributed by atoms with E-state index >= 15 is 4.39 Å². The minimum Gasteiger partial charge on any atom is -0.493 e. The molecule has 2 aromatic carbocycles. The Morgan fingerprint density at radius 3 is 2.39 bits per heavy atom. The van der Waals surface area contributed by atoms with E-state index in [9.17, 15) is 8.42 Å². The lowest BCUT2D eigenvalue weighted by Crippen LogP contribution is -2.48. The van der Waals surface area contributed by atoms with Gasteiger partial charge < -0.3 is 19.1 Å². The molecule has 0 aliphatic carbocycles. The fourth-order valence-corrected chi connectivity index (χ4v) is 5.29. The first kappa shape index (κ1) is 32.2. The van der Waals surface area contributed by atoms with Crippen molar-refractivity contribution in [1.29, 1.82) is 0 Å². The van der Waals surface area contributed by atoms with Crippen LogP contribution in [-0.4, -0.2) is 80.3 Å². The van der Waals surface area contributed by atoms with Gasteiger partial charge in [0.15, 0.2) is 23.1 Å². The molecule has 9 nitrogen and oxygen atoms in total. The molecule has 0 bridgehead atoms. The van der Waals surface area contributed by atoms with E-state index in [0.717, 1.165) is 24.1 Å². The summed E-state index contributed by atoms with van der Waals surface area (Å²) < 4.78 is 57.7. The van der Waals surface area contributed by atoms with E-state index in [4.69, 9.17) is 14.2 Å². The van der Waals surface area contributed by atoms with Crippen molar-refractivity contribution in [3.8, 4) is 23.1 Å². The zero-order chi connectivity index (χ0) is 30.2. The first-order chi connectivity index (χ1) is 19.6. The number of hydrogen-bond acceptors (Lipinski definition) is 8. The molecule has 0 N–H and O–H groups in total. The highest BCUT2D eigenvalue weighted by Gasteiger charge is 2.23. The number of piperazine rings is 1. The Labute approximate surface area is 243 Å². The van der Waals surface area contributed by atoms with Crippen LogP contribution in [0.5, 0.6) is 23.1 Å². The van der Waals surface area contributed by atoms with E-state index in [2.05, 4.69) is 14.9 Å². The predicted octanol–water partition coefficient (Wildman–Crippen LogP) is 5.67. The van der Waals surface area contributed by atoms with Crippen LogP contribution in [0.15, 0.2) is 36.2 Å². The van der Waals surface area contributed by atoms with E-state index in [0.29, 0.717) is 60.8 Å². The molecule has 1 aliphatic heterocycles. The molecule has 0 unspecified atom stereocenters. The number of sulfonamides is 1. The summed E-state index contributed by atoms with van der Waals surface area (Å²) in [7, 11) is -1.59. The topological polar surface area (TPSA) is 94.1 Å². The van der Waals surface area contributed by atoms with Crippen LogP contribution in [0.1, 0.15) is 45.2 Å². The van der Waals surface area contributed by atoms with E-state index in [1.165, 1.54) is 16.9 Å². The molecule has 1 aromatic heterocycles. The van der Waals surface area contributed by atoms with Gasteiger partial charge in [0.2, 0.25) is 15.9 Å². The summed E-state index contributed by atoms with van der Waals surface area (Å²) in [4.78, 5) is 10.8. The lowest BCUT2D eigenvalue weighted by molar-refractivity contribution is 0.174. The highest BCUT2D eigenvalue weighted by Crippen LogP contribution is 2.37. The number of rotatable bonds is 10. The second-order valence-corrected chi connectivity index (χ2v) is 11.8. The van der Waals surface area contributed by atoms with Crippen molar-refractivity contribution in [3.63, 3.8) is 0 Å². The molecule has 224 valence electrons. The first-order valence-corrected chi connectivity index (χ1v) is 15.7. The van der Waals surface area contributed by atoms with Gasteiger partial charge >= 0.3 is 0 Å².